The first-order chi connectivity index (χ1) is 6.72. The number of fused-ring (bicyclic) bond motifs is 1. The second kappa shape index (κ2) is 3.45. The zero-order chi connectivity index (χ0) is 10.1. The van der Waals surface area contributed by atoms with E-state index >= 15 is 0 Å². The normalized spacial score (nSPS) is 18.3. The molecule has 0 aromatic heterocycles. The molecule has 1 aromatic carbocycles. The van der Waals surface area contributed by atoms with Crippen molar-refractivity contribution in [3.05, 3.63) is 34.4 Å². The maximum Gasteiger partial charge on any atom is 0.0870 e. The predicted molar refractivity (Wildman–Crippen MR) is 57.2 cm³/mol. The summed E-state index contributed by atoms with van der Waals surface area (Å²) in [6.45, 7) is 4.22. The van der Waals surface area contributed by atoms with Crippen LogP contribution in [0.1, 0.15) is 35.1 Å². The first-order valence-electron chi connectivity index (χ1n) is 5.04. The molecule has 0 atom stereocenters. The number of benzene rings is 1. The van der Waals surface area contributed by atoms with Crippen molar-refractivity contribution in [2.45, 2.75) is 33.1 Å². The SMILES string of the molecule is Cc1cc2c(cc1C)/C(=N/O)CCC2. The Morgan fingerprint density at radius 1 is 1.14 bits per heavy atom. The van der Waals surface area contributed by atoms with Crippen LogP contribution in [0, 0.1) is 13.8 Å². The van der Waals surface area contributed by atoms with Gasteiger partial charge in [0.15, 0.2) is 0 Å². The predicted octanol–water partition coefficient (Wildman–Crippen LogP) is 2.82. The van der Waals surface area contributed by atoms with Gasteiger partial charge >= 0.3 is 0 Å². The molecule has 2 heteroatoms. The number of oxime groups is 1. The van der Waals surface area contributed by atoms with Crippen molar-refractivity contribution in [1.82, 2.24) is 0 Å². The lowest BCUT2D eigenvalue weighted by Gasteiger charge is -2.18. The van der Waals surface area contributed by atoms with E-state index in [1.165, 1.54) is 16.7 Å². The fourth-order valence-corrected chi connectivity index (χ4v) is 2.04. The second-order valence-electron chi connectivity index (χ2n) is 3.99. The number of hydrogen-bond acceptors (Lipinski definition) is 2. The van der Waals surface area contributed by atoms with E-state index in [1.54, 1.807) is 0 Å². The Morgan fingerprint density at radius 2 is 1.86 bits per heavy atom. The zero-order valence-electron chi connectivity index (χ0n) is 8.67. The van der Waals surface area contributed by atoms with E-state index in [-0.39, 0.29) is 0 Å². The third-order valence-electron chi connectivity index (χ3n) is 3.01. The lowest BCUT2D eigenvalue weighted by Crippen LogP contribution is -2.12. The average molecular weight is 189 g/mol. The van der Waals surface area contributed by atoms with Crippen molar-refractivity contribution in [3.63, 3.8) is 0 Å². The van der Waals surface area contributed by atoms with Gasteiger partial charge in [0.05, 0.1) is 5.71 Å². The highest BCUT2D eigenvalue weighted by Crippen LogP contribution is 2.24. The van der Waals surface area contributed by atoms with Crippen LogP contribution in [0.2, 0.25) is 0 Å². The summed E-state index contributed by atoms with van der Waals surface area (Å²) in [5.74, 6) is 0. The van der Waals surface area contributed by atoms with E-state index in [9.17, 15) is 0 Å². The van der Waals surface area contributed by atoms with E-state index in [0.717, 1.165) is 30.5 Å². The van der Waals surface area contributed by atoms with Gasteiger partial charge in [0.2, 0.25) is 0 Å². The maximum atomic E-state index is 8.89. The van der Waals surface area contributed by atoms with Gasteiger partial charge in [-0.3, -0.25) is 0 Å². The monoisotopic (exact) mass is 189 g/mol. The van der Waals surface area contributed by atoms with E-state index in [0.29, 0.717) is 0 Å². The van der Waals surface area contributed by atoms with E-state index in [4.69, 9.17) is 5.21 Å². The zero-order valence-corrected chi connectivity index (χ0v) is 8.67. The molecule has 0 heterocycles. The Bertz CT molecular complexity index is 394. The van der Waals surface area contributed by atoms with E-state index < -0.39 is 0 Å². The van der Waals surface area contributed by atoms with Gasteiger partial charge in [-0.15, -0.1) is 0 Å². The second-order valence-corrected chi connectivity index (χ2v) is 3.99. The molecule has 1 aliphatic rings. The van der Waals surface area contributed by atoms with Crippen LogP contribution in [-0.4, -0.2) is 10.9 Å². The van der Waals surface area contributed by atoms with Crippen molar-refractivity contribution in [1.29, 1.82) is 0 Å². The summed E-state index contributed by atoms with van der Waals surface area (Å²) in [5, 5.41) is 12.3. The van der Waals surface area contributed by atoms with Crippen LogP contribution in [0.25, 0.3) is 0 Å². The maximum absolute atomic E-state index is 8.89. The summed E-state index contributed by atoms with van der Waals surface area (Å²) in [4.78, 5) is 0. The van der Waals surface area contributed by atoms with Crippen LogP contribution in [0.15, 0.2) is 17.3 Å². The molecule has 0 amide bonds. The summed E-state index contributed by atoms with van der Waals surface area (Å²) in [6.07, 6.45) is 3.09. The minimum Gasteiger partial charge on any atom is -0.411 e. The van der Waals surface area contributed by atoms with Crippen molar-refractivity contribution < 1.29 is 5.21 Å². The Kier molecular flexibility index (Phi) is 2.28. The number of rotatable bonds is 0. The standard InChI is InChI=1S/C12H15NO/c1-8-6-10-4-3-5-12(13-14)11(10)7-9(8)2/h6-7,14H,3-5H2,1-2H3/b13-12+. The van der Waals surface area contributed by atoms with E-state index in [1.807, 2.05) is 0 Å². The van der Waals surface area contributed by atoms with Crippen LogP contribution in [-0.2, 0) is 6.42 Å². The molecule has 0 bridgehead atoms. The van der Waals surface area contributed by atoms with Gasteiger partial charge in [-0.05, 0) is 55.9 Å². The first-order valence-corrected chi connectivity index (χ1v) is 5.04. The van der Waals surface area contributed by atoms with Crippen molar-refractivity contribution >= 4 is 5.71 Å². The van der Waals surface area contributed by atoms with Crippen LogP contribution in [0.3, 0.4) is 0 Å². The van der Waals surface area contributed by atoms with Crippen molar-refractivity contribution in [2.75, 3.05) is 0 Å². The highest BCUT2D eigenvalue weighted by molar-refractivity contribution is 6.02. The van der Waals surface area contributed by atoms with Gasteiger partial charge in [0, 0.05) is 5.56 Å². The Hall–Kier alpha value is -1.31. The van der Waals surface area contributed by atoms with Gasteiger partial charge < -0.3 is 5.21 Å². The minimum absolute atomic E-state index is 0.842. The molecule has 2 nitrogen and oxygen atoms in total. The first kappa shape index (κ1) is 9.25. The highest BCUT2D eigenvalue weighted by Gasteiger charge is 2.16. The van der Waals surface area contributed by atoms with Crippen LogP contribution < -0.4 is 0 Å². The molecular formula is C12H15NO. The Balaban J connectivity index is 2.58. The van der Waals surface area contributed by atoms with Gasteiger partial charge in [-0.25, -0.2) is 0 Å². The van der Waals surface area contributed by atoms with Crippen molar-refractivity contribution in [2.24, 2.45) is 5.16 Å². The average Bonchev–Trinajstić information content (AvgIpc) is 2.19. The summed E-state index contributed by atoms with van der Waals surface area (Å²) in [7, 11) is 0. The molecule has 14 heavy (non-hydrogen) atoms. The molecule has 1 aliphatic carbocycles. The largest absolute Gasteiger partial charge is 0.411 e. The molecule has 0 fully saturated rings. The minimum atomic E-state index is 0.842. The van der Waals surface area contributed by atoms with Crippen molar-refractivity contribution in [3.8, 4) is 0 Å². The molecule has 0 saturated carbocycles. The third-order valence-corrected chi connectivity index (χ3v) is 3.01. The Labute approximate surface area is 84.3 Å². The molecule has 0 spiro atoms. The third kappa shape index (κ3) is 1.41. The topological polar surface area (TPSA) is 32.6 Å². The van der Waals surface area contributed by atoms with Crippen LogP contribution >= 0.6 is 0 Å². The quantitative estimate of drug-likeness (QED) is 0.494. The lowest BCUT2D eigenvalue weighted by molar-refractivity contribution is 0.317. The molecule has 2 rings (SSSR count). The van der Waals surface area contributed by atoms with Crippen LogP contribution in [0.4, 0.5) is 0 Å². The highest BCUT2D eigenvalue weighted by atomic mass is 16.4. The Morgan fingerprint density at radius 3 is 2.57 bits per heavy atom. The summed E-state index contributed by atoms with van der Waals surface area (Å²) >= 11 is 0. The summed E-state index contributed by atoms with van der Waals surface area (Å²) < 4.78 is 0. The number of aryl methyl sites for hydroxylation is 3. The molecule has 0 saturated heterocycles. The molecule has 1 N–H and O–H groups in total. The molecule has 0 radical (unpaired) electrons. The van der Waals surface area contributed by atoms with Gasteiger partial charge in [-0.2, -0.15) is 0 Å². The smallest absolute Gasteiger partial charge is 0.0870 e. The number of hydrogen-bond donors (Lipinski definition) is 1. The summed E-state index contributed by atoms with van der Waals surface area (Å²) in [6, 6.07) is 4.36. The van der Waals surface area contributed by atoms with Crippen LogP contribution in [0.5, 0.6) is 0 Å². The molecule has 0 aliphatic heterocycles. The van der Waals surface area contributed by atoms with Gasteiger partial charge in [-0.1, -0.05) is 11.2 Å². The molecular weight excluding hydrogens is 174 g/mol. The fraction of sp³-hybridized carbons (Fsp3) is 0.417. The number of nitrogens with zero attached hydrogens (tertiary/aromatic N) is 1. The van der Waals surface area contributed by atoms with E-state index in [2.05, 4.69) is 31.1 Å². The summed E-state index contributed by atoms with van der Waals surface area (Å²) in [5.41, 5.74) is 5.90. The molecule has 1 aromatic rings. The van der Waals surface area contributed by atoms with Gasteiger partial charge in [0.1, 0.15) is 0 Å². The molecule has 0 unspecified atom stereocenters. The molecule has 74 valence electrons. The lowest BCUT2D eigenvalue weighted by atomic mass is 9.87. The van der Waals surface area contributed by atoms with Gasteiger partial charge in [0.25, 0.3) is 0 Å². The fourth-order valence-electron chi connectivity index (χ4n) is 2.04.